The van der Waals surface area contributed by atoms with Crippen molar-refractivity contribution in [3.63, 3.8) is 0 Å². The van der Waals surface area contributed by atoms with E-state index in [9.17, 15) is 12.8 Å². The molecule has 3 aromatic carbocycles. The number of nitrogens with one attached hydrogen (secondary N) is 1. The van der Waals surface area contributed by atoms with E-state index in [1.165, 1.54) is 18.2 Å². The predicted octanol–water partition coefficient (Wildman–Crippen LogP) is 4.47. The van der Waals surface area contributed by atoms with Gasteiger partial charge in [-0.05, 0) is 35.2 Å². The van der Waals surface area contributed by atoms with Gasteiger partial charge in [0.25, 0.3) is 0 Å². The molecule has 0 saturated carbocycles. The van der Waals surface area contributed by atoms with Gasteiger partial charge in [-0.1, -0.05) is 72.8 Å². The molecule has 0 spiro atoms. The Morgan fingerprint density at radius 1 is 0.815 bits per heavy atom. The van der Waals surface area contributed by atoms with Crippen molar-refractivity contribution >= 4 is 10.0 Å². The van der Waals surface area contributed by atoms with Crippen LogP contribution in [-0.2, 0) is 15.8 Å². The van der Waals surface area contributed by atoms with Gasteiger partial charge in [-0.15, -0.1) is 0 Å². The van der Waals surface area contributed by atoms with Gasteiger partial charge >= 0.3 is 0 Å². The molecule has 27 heavy (non-hydrogen) atoms. The third-order valence-corrected chi connectivity index (χ3v) is 5.76. The number of rotatable bonds is 8. The number of benzene rings is 3. The first-order chi connectivity index (χ1) is 13.0. The zero-order valence-corrected chi connectivity index (χ0v) is 15.7. The Morgan fingerprint density at radius 3 is 1.96 bits per heavy atom. The summed E-state index contributed by atoms with van der Waals surface area (Å²) in [5.41, 5.74) is 2.73. The molecule has 0 aromatic heterocycles. The molecular weight excluding hydrogens is 361 g/mol. The van der Waals surface area contributed by atoms with E-state index in [1.54, 1.807) is 6.07 Å². The number of halogens is 1. The highest BCUT2D eigenvalue weighted by atomic mass is 32.2. The second kappa shape index (κ2) is 8.93. The third kappa shape index (κ3) is 5.74. The van der Waals surface area contributed by atoms with Crippen LogP contribution in [0.1, 0.15) is 29.0 Å². The Balaban J connectivity index is 1.67. The van der Waals surface area contributed by atoms with Crippen LogP contribution in [0.3, 0.4) is 0 Å². The van der Waals surface area contributed by atoms with E-state index in [-0.39, 0.29) is 11.7 Å². The van der Waals surface area contributed by atoms with E-state index >= 15 is 0 Å². The van der Waals surface area contributed by atoms with Gasteiger partial charge in [0.15, 0.2) is 0 Å². The second-order valence-corrected chi connectivity index (χ2v) is 8.25. The molecule has 0 bridgehead atoms. The van der Waals surface area contributed by atoms with Crippen molar-refractivity contribution in [2.24, 2.45) is 0 Å². The lowest BCUT2D eigenvalue weighted by Gasteiger charge is -2.18. The van der Waals surface area contributed by atoms with Crippen molar-refractivity contribution in [1.29, 1.82) is 0 Å². The Labute approximate surface area is 159 Å². The maximum atomic E-state index is 13.3. The molecule has 140 valence electrons. The molecule has 0 atom stereocenters. The topological polar surface area (TPSA) is 46.2 Å². The summed E-state index contributed by atoms with van der Waals surface area (Å²) in [6, 6.07) is 25.8. The molecule has 5 heteroatoms. The predicted molar refractivity (Wildman–Crippen MR) is 106 cm³/mol. The zero-order chi connectivity index (χ0) is 19.1. The molecule has 3 rings (SSSR count). The summed E-state index contributed by atoms with van der Waals surface area (Å²) in [7, 11) is -3.53. The third-order valence-electron chi connectivity index (χ3n) is 4.40. The minimum Gasteiger partial charge on any atom is -0.215 e. The lowest BCUT2D eigenvalue weighted by Crippen LogP contribution is -2.27. The summed E-state index contributed by atoms with van der Waals surface area (Å²) in [6.07, 6.45) is 0.635. The van der Waals surface area contributed by atoms with Crippen molar-refractivity contribution in [3.05, 3.63) is 107 Å². The normalized spacial score (nSPS) is 11.6. The zero-order valence-electron chi connectivity index (χ0n) is 14.9. The molecule has 0 radical (unpaired) electrons. The molecule has 0 unspecified atom stereocenters. The van der Waals surface area contributed by atoms with Gasteiger partial charge in [0.1, 0.15) is 5.82 Å². The first-order valence-corrected chi connectivity index (χ1v) is 10.5. The molecule has 0 aliphatic rings. The highest BCUT2D eigenvalue weighted by Crippen LogP contribution is 2.27. The van der Waals surface area contributed by atoms with E-state index in [0.717, 1.165) is 11.1 Å². The van der Waals surface area contributed by atoms with Crippen LogP contribution in [0, 0.1) is 5.82 Å². The molecule has 0 aliphatic carbocycles. The first-order valence-electron chi connectivity index (χ1n) is 8.85. The van der Waals surface area contributed by atoms with Crippen LogP contribution in [0.2, 0.25) is 0 Å². The molecule has 3 aromatic rings. The lowest BCUT2D eigenvalue weighted by atomic mass is 9.89. The minimum atomic E-state index is -3.53. The molecule has 1 N–H and O–H groups in total. The van der Waals surface area contributed by atoms with Gasteiger partial charge in [-0.3, -0.25) is 0 Å². The molecule has 0 fully saturated rings. The van der Waals surface area contributed by atoms with Crippen molar-refractivity contribution < 1.29 is 12.8 Å². The molecule has 0 saturated heterocycles. The highest BCUT2D eigenvalue weighted by molar-refractivity contribution is 7.88. The van der Waals surface area contributed by atoms with Gasteiger partial charge < -0.3 is 0 Å². The fourth-order valence-corrected chi connectivity index (χ4v) is 4.30. The molecule has 0 aliphatic heterocycles. The van der Waals surface area contributed by atoms with Crippen molar-refractivity contribution in [2.45, 2.75) is 18.1 Å². The molecule has 3 nitrogen and oxygen atoms in total. The molecule has 0 amide bonds. The van der Waals surface area contributed by atoms with Gasteiger partial charge in [0, 0.05) is 12.5 Å². The highest BCUT2D eigenvalue weighted by Gasteiger charge is 2.16. The van der Waals surface area contributed by atoms with Gasteiger partial charge in [-0.25, -0.2) is 17.5 Å². The van der Waals surface area contributed by atoms with Crippen LogP contribution in [0.5, 0.6) is 0 Å². The van der Waals surface area contributed by atoms with Gasteiger partial charge in [0.05, 0.1) is 5.75 Å². The average Bonchev–Trinajstić information content (AvgIpc) is 2.66. The smallest absolute Gasteiger partial charge is 0.215 e. The van der Waals surface area contributed by atoms with E-state index in [1.807, 2.05) is 36.4 Å². The minimum absolute atomic E-state index is 0.101. The van der Waals surface area contributed by atoms with Crippen LogP contribution in [0.15, 0.2) is 84.9 Å². The Kier molecular flexibility index (Phi) is 6.37. The maximum absolute atomic E-state index is 13.3. The van der Waals surface area contributed by atoms with E-state index in [2.05, 4.69) is 29.0 Å². The monoisotopic (exact) mass is 383 g/mol. The number of hydrogen-bond donors (Lipinski definition) is 1. The summed E-state index contributed by atoms with van der Waals surface area (Å²) < 4.78 is 40.6. The summed E-state index contributed by atoms with van der Waals surface area (Å²) in [5.74, 6) is -0.563. The summed E-state index contributed by atoms with van der Waals surface area (Å²) in [6.45, 7) is 0.312. The molecular formula is C22H22FNO2S. The van der Waals surface area contributed by atoms with Crippen LogP contribution in [0.25, 0.3) is 0 Å². The van der Waals surface area contributed by atoms with Crippen molar-refractivity contribution in [2.75, 3.05) is 6.54 Å². The average molecular weight is 383 g/mol. The fourth-order valence-electron chi connectivity index (χ4n) is 3.15. The fraction of sp³-hybridized carbons (Fsp3) is 0.182. The summed E-state index contributed by atoms with van der Waals surface area (Å²) in [5, 5.41) is 0. The quantitative estimate of drug-likeness (QED) is 0.624. The Bertz CT molecular complexity index is 920. The van der Waals surface area contributed by atoms with Crippen molar-refractivity contribution in [1.82, 2.24) is 4.72 Å². The SMILES string of the molecule is O=S(=O)(Cc1cccc(F)c1)NCCC(c1ccccc1)c1ccccc1. The van der Waals surface area contributed by atoms with E-state index in [4.69, 9.17) is 0 Å². The van der Waals surface area contributed by atoms with Crippen LogP contribution in [-0.4, -0.2) is 15.0 Å². The number of hydrogen-bond acceptors (Lipinski definition) is 2. The van der Waals surface area contributed by atoms with Gasteiger partial charge in [0.2, 0.25) is 10.0 Å². The van der Waals surface area contributed by atoms with E-state index < -0.39 is 15.8 Å². The summed E-state index contributed by atoms with van der Waals surface area (Å²) in [4.78, 5) is 0. The lowest BCUT2D eigenvalue weighted by molar-refractivity contribution is 0.574. The largest absolute Gasteiger partial charge is 0.215 e. The second-order valence-electron chi connectivity index (χ2n) is 6.45. The maximum Gasteiger partial charge on any atom is 0.215 e. The number of sulfonamides is 1. The van der Waals surface area contributed by atoms with Crippen LogP contribution >= 0.6 is 0 Å². The summed E-state index contributed by atoms with van der Waals surface area (Å²) >= 11 is 0. The van der Waals surface area contributed by atoms with Gasteiger partial charge in [-0.2, -0.15) is 0 Å². The first kappa shape index (κ1) is 19.3. The van der Waals surface area contributed by atoms with Crippen LogP contribution in [0.4, 0.5) is 4.39 Å². The van der Waals surface area contributed by atoms with Crippen molar-refractivity contribution in [3.8, 4) is 0 Å². The molecule has 0 heterocycles. The Hall–Kier alpha value is -2.50. The van der Waals surface area contributed by atoms with Crippen LogP contribution < -0.4 is 4.72 Å². The van der Waals surface area contributed by atoms with E-state index in [0.29, 0.717) is 18.5 Å². The Morgan fingerprint density at radius 2 is 1.41 bits per heavy atom. The standard InChI is InChI=1S/C22H22FNO2S/c23-21-13-7-8-18(16-21)17-27(25,26)24-15-14-22(19-9-3-1-4-10-19)20-11-5-2-6-12-20/h1-13,16,22,24H,14-15,17H2.